The first kappa shape index (κ1) is 15.4. The highest BCUT2D eigenvalue weighted by atomic mass is 16.5. The lowest BCUT2D eigenvalue weighted by Crippen LogP contribution is -2.51. The van der Waals surface area contributed by atoms with E-state index in [4.69, 9.17) is 10.5 Å². The van der Waals surface area contributed by atoms with E-state index in [1.807, 2.05) is 18.7 Å². The van der Waals surface area contributed by atoms with E-state index < -0.39 is 0 Å². The van der Waals surface area contributed by atoms with Crippen LogP contribution in [0.1, 0.15) is 20.8 Å². The van der Waals surface area contributed by atoms with E-state index in [9.17, 15) is 4.79 Å². The topological polar surface area (TPSA) is 58.8 Å². The maximum Gasteiger partial charge on any atom is 0.248 e. The van der Waals surface area contributed by atoms with E-state index >= 15 is 0 Å². The molecule has 1 amide bonds. The minimum atomic E-state index is 0.107. The van der Waals surface area contributed by atoms with Gasteiger partial charge in [-0.05, 0) is 26.3 Å². The maximum atomic E-state index is 11.8. The van der Waals surface area contributed by atoms with Gasteiger partial charge in [-0.3, -0.25) is 9.69 Å². The molecule has 1 atom stereocenters. The molecule has 0 radical (unpaired) electrons. The zero-order valence-electron chi connectivity index (χ0n) is 11.9. The molecule has 1 fully saturated rings. The highest BCUT2D eigenvalue weighted by Crippen LogP contribution is 2.05. The van der Waals surface area contributed by atoms with Crippen LogP contribution in [-0.4, -0.2) is 67.7 Å². The molecular formula is C13H27N3O2. The number of piperazine rings is 1. The Balaban J connectivity index is 2.24. The van der Waals surface area contributed by atoms with Gasteiger partial charge in [0.25, 0.3) is 0 Å². The van der Waals surface area contributed by atoms with Crippen molar-refractivity contribution in [1.29, 1.82) is 0 Å². The van der Waals surface area contributed by atoms with Crippen LogP contribution in [-0.2, 0) is 9.53 Å². The smallest absolute Gasteiger partial charge is 0.248 e. The van der Waals surface area contributed by atoms with E-state index in [2.05, 4.69) is 11.8 Å². The lowest BCUT2D eigenvalue weighted by molar-refractivity contribution is -0.139. The summed E-state index contributed by atoms with van der Waals surface area (Å²) in [6, 6.07) is 0. The minimum absolute atomic E-state index is 0.107. The number of ether oxygens (including phenoxy) is 1. The average Bonchev–Trinajstić information content (AvgIpc) is 2.36. The van der Waals surface area contributed by atoms with Crippen molar-refractivity contribution in [3.05, 3.63) is 0 Å². The van der Waals surface area contributed by atoms with Gasteiger partial charge in [-0.25, -0.2) is 0 Å². The van der Waals surface area contributed by atoms with Gasteiger partial charge in [0.2, 0.25) is 5.91 Å². The molecule has 18 heavy (non-hydrogen) atoms. The fourth-order valence-corrected chi connectivity index (χ4v) is 2.02. The van der Waals surface area contributed by atoms with E-state index in [1.165, 1.54) is 0 Å². The van der Waals surface area contributed by atoms with Crippen molar-refractivity contribution in [3.8, 4) is 0 Å². The van der Waals surface area contributed by atoms with Gasteiger partial charge in [0.15, 0.2) is 0 Å². The summed E-state index contributed by atoms with van der Waals surface area (Å²) in [5, 5.41) is 0. The summed E-state index contributed by atoms with van der Waals surface area (Å²) in [6.07, 6.45) is 0.112. The zero-order chi connectivity index (χ0) is 13.5. The number of hydrogen-bond acceptors (Lipinski definition) is 4. The molecule has 0 bridgehead atoms. The van der Waals surface area contributed by atoms with Crippen molar-refractivity contribution in [2.24, 2.45) is 11.7 Å². The number of nitrogens with two attached hydrogens (primary N) is 1. The van der Waals surface area contributed by atoms with Crippen LogP contribution in [0.3, 0.4) is 0 Å². The molecule has 0 aromatic rings. The number of carbonyl (C=O) groups is 1. The molecule has 1 rings (SSSR count). The minimum Gasteiger partial charge on any atom is -0.369 e. The van der Waals surface area contributed by atoms with Gasteiger partial charge >= 0.3 is 0 Å². The van der Waals surface area contributed by atoms with Gasteiger partial charge in [-0.2, -0.15) is 0 Å². The molecule has 1 aliphatic heterocycles. The normalized spacial score (nSPS) is 19.3. The Labute approximate surface area is 110 Å². The first-order valence-corrected chi connectivity index (χ1v) is 6.84. The Hall–Kier alpha value is -0.650. The third-order valence-electron chi connectivity index (χ3n) is 3.24. The Morgan fingerprint density at radius 3 is 2.33 bits per heavy atom. The van der Waals surface area contributed by atoms with E-state index in [0.29, 0.717) is 5.92 Å². The third kappa shape index (κ3) is 5.33. The summed E-state index contributed by atoms with van der Waals surface area (Å²) in [5.41, 5.74) is 5.62. The lowest BCUT2D eigenvalue weighted by atomic mass is 10.1. The summed E-state index contributed by atoms with van der Waals surface area (Å²) < 4.78 is 5.34. The Bertz CT molecular complexity index is 251. The van der Waals surface area contributed by atoms with Crippen molar-refractivity contribution in [1.82, 2.24) is 9.80 Å². The van der Waals surface area contributed by atoms with Gasteiger partial charge < -0.3 is 15.4 Å². The van der Waals surface area contributed by atoms with Gasteiger partial charge in [0.05, 0.1) is 6.10 Å². The monoisotopic (exact) mass is 257 g/mol. The molecule has 1 aliphatic rings. The van der Waals surface area contributed by atoms with Crippen molar-refractivity contribution in [3.63, 3.8) is 0 Å². The number of nitrogens with zero attached hydrogens (tertiary/aromatic N) is 2. The van der Waals surface area contributed by atoms with Gasteiger partial charge in [0.1, 0.15) is 6.61 Å². The molecule has 1 unspecified atom stereocenters. The summed E-state index contributed by atoms with van der Waals surface area (Å²) in [6.45, 7) is 11.5. The second-order valence-corrected chi connectivity index (χ2v) is 5.38. The van der Waals surface area contributed by atoms with E-state index in [1.54, 1.807) is 0 Å². The molecule has 2 N–H and O–H groups in total. The van der Waals surface area contributed by atoms with E-state index in [0.717, 1.165) is 39.3 Å². The van der Waals surface area contributed by atoms with Crippen LogP contribution in [0.2, 0.25) is 0 Å². The van der Waals surface area contributed by atoms with Crippen LogP contribution >= 0.6 is 0 Å². The molecule has 0 aromatic carbocycles. The number of carbonyl (C=O) groups excluding carboxylic acids is 1. The van der Waals surface area contributed by atoms with Crippen LogP contribution in [0.15, 0.2) is 0 Å². The van der Waals surface area contributed by atoms with Gasteiger partial charge in [0, 0.05) is 32.7 Å². The SMILES string of the molecule is CC(CN)CN1CCN(C(=O)COC(C)C)CC1. The first-order chi connectivity index (χ1) is 8.52. The van der Waals surface area contributed by atoms with E-state index in [-0.39, 0.29) is 18.6 Å². The second kappa shape index (κ2) is 7.71. The zero-order valence-corrected chi connectivity index (χ0v) is 11.9. The van der Waals surface area contributed by atoms with Crippen molar-refractivity contribution in [2.75, 3.05) is 45.9 Å². The van der Waals surface area contributed by atoms with Crippen LogP contribution in [0.5, 0.6) is 0 Å². The average molecular weight is 257 g/mol. The largest absolute Gasteiger partial charge is 0.369 e. The number of hydrogen-bond donors (Lipinski definition) is 1. The van der Waals surface area contributed by atoms with Crippen molar-refractivity contribution < 1.29 is 9.53 Å². The van der Waals surface area contributed by atoms with Crippen LogP contribution < -0.4 is 5.73 Å². The molecule has 0 aromatic heterocycles. The molecule has 0 saturated carbocycles. The van der Waals surface area contributed by atoms with Crippen LogP contribution in [0.25, 0.3) is 0 Å². The summed E-state index contributed by atoms with van der Waals surface area (Å²) in [7, 11) is 0. The van der Waals surface area contributed by atoms with Crippen molar-refractivity contribution >= 4 is 5.91 Å². The predicted octanol–water partition coefficient (Wildman–Crippen LogP) is 0.150. The molecule has 5 heteroatoms. The van der Waals surface area contributed by atoms with Gasteiger partial charge in [-0.15, -0.1) is 0 Å². The predicted molar refractivity (Wildman–Crippen MR) is 72.3 cm³/mol. The Morgan fingerprint density at radius 2 is 1.83 bits per heavy atom. The summed E-state index contributed by atoms with van der Waals surface area (Å²) >= 11 is 0. The van der Waals surface area contributed by atoms with Crippen LogP contribution in [0.4, 0.5) is 0 Å². The highest BCUT2D eigenvalue weighted by molar-refractivity contribution is 5.77. The second-order valence-electron chi connectivity index (χ2n) is 5.38. The highest BCUT2D eigenvalue weighted by Gasteiger charge is 2.21. The molecule has 0 aliphatic carbocycles. The molecule has 5 nitrogen and oxygen atoms in total. The standard InChI is InChI=1S/C13H27N3O2/c1-11(2)18-10-13(17)16-6-4-15(5-7-16)9-12(3)8-14/h11-12H,4-10,14H2,1-3H3. The fourth-order valence-electron chi connectivity index (χ4n) is 2.02. The molecule has 0 spiro atoms. The quantitative estimate of drug-likeness (QED) is 0.736. The summed E-state index contributed by atoms with van der Waals surface area (Å²) in [5.74, 6) is 0.631. The fraction of sp³-hybridized carbons (Fsp3) is 0.923. The lowest BCUT2D eigenvalue weighted by Gasteiger charge is -2.35. The van der Waals surface area contributed by atoms with Gasteiger partial charge in [-0.1, -0.05) is 6.92 Å². The van der Waals surface area contributed by atoms with Crippen molar-refractivity contribution in [2.45, 2.75) is 26.9 Å². The molecule has 106 valence electrons. The number of rotatable bonds is 6. The third-order valence-corrected chi connectivity index (χ3v) is 3.24. The Kier molecular flexibility index (Phi) is 6.60. The number of amides is 1. The molecular weight excluding hydrogens is 230 g/mol. The first-order valence-electron chi connectivity index (χ1n) is 6.84. The Morgan fingerprint density at radius 1 is 1.22 bits per heavy atom. The molecule has 1 saturated heterocycles. The summed E-state index contributed by atoms with van der Waals surface area (Å²) in [4.78, 5) is 16.1. The van der Waals surface area contributed by atoms with Crippen LogP contribution in [0, 0.1) is 5.92 Å². The molecule has 1 heterocycles. The maximum absolute atomic E-state index is 11.8.